The van der Waals surface area contributed by atoms with Crippen molar-refractivity contribution in [1.82, 2.24) is 25.5 Å². The van der Waals surface area contributed by atoms with Crippen LogP contribution in [-0.4, -0.2) is 124 Å². The van der Waals surface area contributed by atoms with E-state index in [4.69, 9.17) is 9.57 Å². The Labute approximate surface area is 325 Å². The maximum absolute atomic E-state index is 14.5. The smallest absolute Gasteiger partial charge is 0.251 e. The third-order valence-corrected chi connectivity index (χ3v) is 12.8. The van der Waals surface area contributed by atoms with Gasteiger partial charge in [-0.1, -0.05) is 40.7 Å². The summed E-state index contributed by atoms with van der Waals surface area (Å²) in [6.07, 6.45) is 5.65. The zero-order chi connectivity index (χ0) is 39.6. The van der Waals surface area contributed by atoms with Crippen molar-refractivity contribution in [3.05, 3.63) is 46.7 Å². The molecule has 1 aromatic carbocycles. The van der Waals surface area contributed by atoms with Gasteiger partial charge in [0.05, 0.1) is 25.9 Å². The van der Waals surface area contributed by atoms with Crippen LogP contribution in [0.25, 0.3) is 5.57 Å². The number of hydroxylamine groups is 2. The van der Waals surface area contributed by atoms with E-state index in [1.807, 2.05) is 52.3 Å². The molecule has 5 aliphatic rings. The zero-order valence-corrected chi connectivity index (χ0v) is 35.2. The van der Waals surface area contributed by atoms with Crippen LogP contribution in [0, 0.1) is 35.0 Å². The number of nitrogens with one attached hydrogen (secondary N) is 3. The van der Waals surface area contributed by atoms with Crippen molar-refractivity contribution in [1.29, 1.82) is 0 Å². The number of hydrogen-bond acceptors (Lipinski definition) is 9. The number of carbonyl (C=O) groups excluding carboxylic acids is 2. The van der Waals surface area contributed by atoms with Gasteiger partial charge in [-0.05, 0) is 120 Å². The van der Waals surface area contributed by atoms with Crippen molar-refractivity contribution in [2.75, 3.05) is 67.3 Å². The number of nitrogens with zero attached hydrogens (tertiary/aromatic N) is 3. The number of hydrogen-bond donors (Lipinski definition) is 4. The summed E-state index contributed by atoms with van der Waals surface area (Å²) in [5.74, 6) is 2.16. The molecule has 11 heteroatoms. The molecular weight excluding hydrogens is 681 g/mol. The molecule has 0 spiro atoms. The minimum absolute atomic E-state index is 0.0263. The Morgan fingerprint density at radius 1 is 1.09 bits per heavy atom. The van der Waals surface area contributed by atoms with Crippen molar-refractivity contribution in [2.24, 2.45) is 35.0 Å². The molecule has 4 fully saturated rings. The van der Waals surface area contributed by atoms with Gasteiger partial charge in [-0.3, -0.25) is 14.4 Å². The Kier molecular flexibility index (Phi) is 13.6. The number of benzene rings is 1. The lowest BCUT2D eigenvalue weighted by atomic mass is 9.45. The summed E-state index contributed by atoms with van der Waals surface area (Å²) >= 11 is 0. The number of ether oxygens (including phenoxy) is 1. The summed E-state index contributed by atoms with van der Waals surface area (Å²) < 4.78 is 6.18. The van der Waals surface area contributed by atoms with Crippen molar-refractivity contribution in [2.45, 2.75) is 104 Å². The Balaban J connectivity index is 1.43. The third-order valence-electron chi connectivity index (χ3n) is 12.8. The lowest BCUT2D eigenvalue weighted by Crippen LogP contribution is -2.62. The first-order valence-corrected chi connectivity index (χ1v) is 20.3. The van der Waals surface area contributed by atoms with E-state index in [0.29, 0.717) is 47.7 Å². The molecule has 1 aliphatic heterocycles. The molecule has 4 aliphatic carbocycles. The molecular formula is C43H70N6O5. The highest BCUT2D eigenvalue weighted by molar-refractivity contribution is 5.96. The van der Waals surface area contributed by atoms with E-state index < -0.39 is 18.1 Å². The second-order valence-electron chi connectivity index (χ2n) is 18.2. The fraction of sp³-hybridized carbons (Fsp3) is 0.721. The molecule has 11 nitrogen and oxygen atoms in total. The number of rotatable bonds is 16. The zero-order valence-electron chi connectivity index (χ0n) is 35.2. The monoisotopic (exact) mass is 751 g/mol. The molecule has 1 aromatic rings. The first kappa shape index (κ1) is 42.2. The number of aliphatic hydroxyl groups is 1. The molecule has 3 saturated carbocycles. The van der Waals surface area contributed by atoms with E-state index >= 15 is 0 Å². The molecule has 0 unspecified atom stereocenters. The predicted octanol–water partition coefficient (Wildman–Crippen LogP) is 5.24. The number of methoxy groups -OCH3 is 1. The summed E-state index contributed by atoms with van der Waals surface area (Å²) in [7, 11) is 11.6. The number of allylic oxidation sites excluding steroid dienone is 2. The number of anilines is 1. The Hall–Kier alpha value is -2.96. The topological polar surface area (TPSA) is 119 Å². The molecule has 0 radical (unpaired) electrons. The quantitative estimate of drug-likeness (QED) is 0.180. The number of aliphatic hydroxyl groups excluding tert-OH is 1. The van der Waals surface area contributed by atoms with Gasteiger partial charge < -0.3 is 35.6 Å². The summed E-state index contributed by atoms with van der Waals surface area (Å²) in [6.45, 7) is 14.8. The molecule has 6 rings (SSSR count). The molecule has 9 atom stereocenters. The van der Waals surface area contributed by atoms with Gasteiger partial charge in [0.25, 0.3) is 5.91 Å². The number of amides is 2. The lowest BCUT2D eigenvalue weighted by Gasteiger charge is -2.62. The molecule has 302 valence electrons. The molecule has 1 saturated heterocycles. The van der Waals surface area contributed by atoms with Crippen LogP contribution < -0.4 is 16.0 Å². The Morgan fingerprint density at radius 2 is 1.81 bits per heavy atom. The van der Waals surface area contributed by atoms with Crippen LogP contribution in [0.2, 0.25) is 0 Å². The predicted molar refractivity (Wildman–Crippen MR) is 217 cm³/mol. The molecule has 54 heavy (non-hydrogen) atoms. The minimum atomic E-state index is -0.758. The normalized spacial score (nSPS) is 29.2. The summed E-state index contributed by atoms with van der Waals surface area (Å²) in [4.78, 5) is 39.1. The number of fused-ring (bicyclic) bond motifs is 2. The largest absolute Gasteiger partial charge is 0.496 e. The number of carbonyl (C=O) groups is 2. The van der Waals surface area contributed by atoms with Crippen LogP contribution in [0.15, 0.2) is 35.6 Å². The van der Waals surface area contributed by atoms with Crippen molar-refractivity contribution in [3.8, 4) is 0 Å². The van der Waals surface area contributed by atoms with E-state index in [-0.39, 0.29) is 30.0 Å². The van der Waals surface area contributed by atoms with Gasteiger partial charge in [-0.25, -0.2) is 0 Å². The third kappa shape index (κ3) is 9.18. The van der Waals surface area contributed by atoms with Gasteiger partial charge in [-0.2, -0.15) is 5.06 Å². The summed E-state index contributed by atoms with van der Waals surface area (Å²) in [5, 5.41) is 23.0. The molecule has 0 aromatic heterocycles. The van der Waals surface area contributed by atoms with Crippen molar-refractivity contribution >= 4 is 23.1 Å². The van der Waals surface area contributed by atoms with Gasteiger partial charge in [-0.15, -0.1) is 0 Å². The van der Waals surface area contributed by atoms with E-state index in [0.717, 1.165) is 60.4 Å². The first-order valence-electron chi connectivity index (χ1n) is 20.3. The highest BCUT2D eigenvalue weighted by Gasteiger charge is 2.57. The van der Waals surface area contributed by atoms with Crippen molar-refractivity contribution in [3.63, 3.8) is 0 Å². The van der Waals surface area contributed by atoms with Gasteiger partial charge in [0, 0.05) is 60.5 Å². The van der Waals surface area contributed by atoms with Gasteiger partial charge in [0.1, 0.15) is 11.8 Å². The average Bonchev–Trinajstić information content (AvgIpc) is 3.44. The van der Waals surface area contributed by atoms with Gasteiger partial charge in [0.15, 0.2) is 0 Å². The maximum atomic E-state index is 14.5. The lowest BCUT2D eigenvalue weighted by molar-refractivity contribution is -0.170. The van der Waals surface area contributed by atoms with Crippen LogP contribution in [0.3, 0.4) is 0 Å². The second kappa shape index (κ2) is 17.5. The molecule has 2 bridgehead atoms. The fourth-order valence-electron chi connectivity index (χ4n) is 10.0. The average molecular weight is 751 g/mol. The van der Waals surface area contributed by atoms with Crippen molar-refractivity contribution < 1.29 is 24.3 Å². The fourth-order valence-corrected chi connectivity index (χ4v) is 10.0. The van der Waals surface area contributed by atoms with Crippen LogP contribution >= 0.6 is 0 Å². The standard InChI is InChI=1S/C43H70N6O5/c1-25(2)16-33(23-47(8)9)45-41(51)30-17-29(18-32(19-30)44-7)34-15-13-14-28(40(34)53-12)22-49-39(38(27(4)50)37(54-49)24-48(10)11)42(52)46-36-21-31-20-35(26(36)3)43(31,5)6/h14,17-19,25-27,31,33,35-39,44,50H,13,15-16,20-24H2,1-12H3,(H,45,51)(H,46,52)/t26-,27-,31-,33-,35+,36-,37-,38+,39-/m0/s1. The van der Waals surface area contributed by atoms with Crippen LogP contribution in [0.5, 0.6) is 0 Å². The maximum Gasteiger partial charge on any atom is 0.251 e. The van der Waals surface area contributed by atoms with Crippen LogP contribution in [0.4, 0.5) is 5.69 Å². The number of likely N-dealkylation sites (N-methyl/N-ethyl adjacent to an activating group) is 2. The minimum Gasteiger partial charge on any atom is -0.496 e. The highest BCUT2D eigenvalue weighted by Crippen LogP contribution is 2.61. The molecule has 2 amide bonds. The van der Waals surface area contributed by atoms with E-state index in [1.165, 1.54) is 6.42 Å². The van der Waals surface area contributed by atoms with Gasteiger partial charge >= 0.3 is 0 Å². The van der Waals surface area contributed by atoms with E-state index in [1.54, 1.807) is 19.1 Å². The van der Waals surface area contributed by atoms with E-state index in [9.17, 15) is 14.7 Å². The van der Waals surface area contributed by atoms with Crippen LogP contribution in [-0.2, 0) is 14.4 Å². The first-order chi connectivity index (χ1) is 25.4. The molecule has 1 heterocycles. The summed E-state index contributed by atoms with van der Waals surface area (Å²) in [5.41, 5.74) is 4.59. The highest BCUT2D eigenvalue weighted by atomic mass is 16.7. The van der Waals surface area contributed by atoms with E-state index in [2.05, 4.69) is 67.6 Å². The Morgan fingerprint density at radius 3 is 2.39 bits per heavy atom. The molecule has 4 N–H and O–H groups in total. The Bertz CT molecular complexity index is 1540. The second-order valence-corrected chi connectivity index (χ2v) is 18.2. The van der Waals surface area contributed by atoms with Crippen LogP contribution in [0.1, 0.15) is 89.6 Å². The summed E-state index contributed by atoms with van der Waals surface area (Å²) in [6, 6.07) is 5.37. The SMILES string of the molecule is CNc1cc(C(=O)N[C@@H](CC(C)C)CN(C)C)cc(C2=C(OC)C(CN3O[C@@H](CN(C)C)[C@@H]([C@H](C)O)[C@H]3C(=O)N[C@H]3C[C@@H]4C[C@H]([C@@H]3C)C4(C)C)=CCC2)c1. The van der Waals surface area contributed by atoms with Gasteiger partial charge in [0.2, 0.25) is 5.91 Å².